The number of amides is 1. The summed E-state index contributed by atoms with van der Waals surface area (Å²) in [7, 11) is 0. The molecule has 0 aliphatic rings. The molecule has 0 radical (unpaired) electrons. The van der Waals surface area contributed by atoms with Crippen LogP contribution in [0.1, 0.15) is 18.2 Å². The number of pyridine rings is 1. The van der Waals surface area contributed by atoms with Gasteiger partial charge in [0.15, 0.2) is 0 Å². The number of nitrogens with one attached hydrogen (secondary N) is 1. The highest BCUT2D eigenvalue weighted by Gasteiger charge is 2.10. The monoisotopic (exact) mass is 380 g/mol. The first-order chi connectivity index (χ1) is 13.2. The molecule has 1 aromatic carbocycles. The number of carbonyl (C=O) groups excluding carboxylic acids is 1. The summed E-state index contributed by atoms with van der Waals surface area (Å²) in [6.45, 7) is 6.51. The van der Waals surface area contributed by atoms with E-state index in [2.05, 4.69) is 58.3 Å². The van der Waals surface area contributed by atoms with Crippen molar-refractivity contribution in [3.63, 3.8) is 0 Å². The maximum atomic E-state index is 12.2. The Kier molecular flexibility index (Phi) is 6.54. The molecule has 3 rings (SSSR count). The van der Waals surface area contributed by atoms with Gasteiger partial charge in [0, 0.05) is 48.7 Å². The van der Waals surface area contributed by atoms with Crippen molar-refractivity contribution in [3.8, 4) is 10.6 Å². The van der Waals surface area contributed by atoms with Gasteiger partial charge in [-0.1, -0.05) is 12.1 Å². The Bertz CT molecular complexity index is 879. The van der Waals surface area contributed by atoms with E-state index in [4.69, 9.17) is 0 Å². The van der Waals surface area contributed by atoms with Gasteiger partial charge in [-0.2, -0.15) is 0 Å². The predicted molar refractivity (Wildman–Crippen MR) is 111 cm³/mol. The topological polar surface area (TPSA) is 58.1 Å². The Hall–Kier alpha value is -2.73. The molecule has 1 N–H and O–H groups in total. The molecule has 0 unspecified atom stereocenters. The normalized spacial score (nSPS) is 10.6. The maximum Gasteiger partial charge on any atom is 0.226 e. The van der Waals surface area contributed by atoms with Crippen LogP contribution >= 0.6 is 11.3 Å². The van der Waals surface area contributed by atoms with Crippen LogP contribution in [0, 0.1) is 6.92 Å². The second-order valence-corrected chi connectivity index (χ2v) is 7.19. The van der Waals surface area contributed by atoms with Crippen LogP contribution < -0.4 is 10.2 Å². The zero-order valence-electron chi connectivity index (χ0n) is 15.7. The fraction of sp³-hybridized carbons (Fsp3) is 0.286. The van der Waals surface area contributed by atoms with Crippen molar-refractivity contribution >= 4 is 22.9 Å². The summed E-state index contributed by atoms with van der Waals surface area (Å²) < 4.78 is 0. The van der Waals surface area contributed by atoms with Crippen LogP contribution in [-0.2, 0) is 11.2 Å². The van der Waals surface area contributed by atoms with Crippen molar-refractivity contribution in [1.82, 2.24) is 15.3 Å². The number of rotatable bonds is 8. The molecule has 27 heavy (non-hydrogen) atoms. The van der Waals surface area contributed by atoms with Gasteiger partial charge in [0.05, 0.1) is 12.1 Å². The molecule has 140 valence electrons. The van der Waals surface area contributed by atoms with E-state index in [1.807, 2.05) is 17.5 Å². The second-order valence-electron chi connectivity index (χ2n) is 6.33. The predicted octanol–water partition coefficient (Wildman–Crippen LogP) is 3.70. The lowest BCUT2D eigenvalue weighted by molar-refractivity contribution is -0.120. The SMILES string of the molecule is CCN(CCNC(=O)Cc1csc(-c2cccnc2)n1)c1cccc(C)c1. The van der Waals surface area contributed by atoms with Gasteiger partial charge in [0.2, 0.25) is 5.91 Å². The lowest BCUT2D eigenvalue weighted by atomic mass is 10.2. The van der Waals surface area contributed by atoms with Crippen LogP contribution in [0.5, 0.6) is 0 Å². The van der Waals surface area contributed by atoms with Crippen molar-refractivity contribution < 1.29 is 4.79 Å². The number of thiazole rings is 1. The molecule has 0 spiro atoms. The number of aryl methyl sites for hydroxylation is 1. The van der Waals surface area contributed by atoms with E-state index in [1.165, 1.54) is 22.6 Å². The quantitative estimate of drug-likeness (QED) is 0.647. The highest BCUT2D eigenvalue weighted by Crippen LogP contribution is 2.22. The number of benzene rings is 1. The molecule has 0 aliphatic carbocycles. The largest absolute Gasteiger partial charge is 0.370 e. The Labute approximate surface area is 164 Å². The number of likely N-dealkylation sites (N-methyl/N-ethyl adjacent to an activating group) is 1. The molecule has 2 heterocycles. The Morgan fingerprint density at radius 3 is 2.89 bits per heavy atom. The Balaban J connectivity index is 1.49. The molecule has 1 amide bonds. The van der Waals surface area contributed by atoms with Crippen LogP contribution in [0.4, 0.5) is 5.69 Å². The zero-order chi connectivity index (χ0) is 19.1. The van der Waals surface area contributed by atoms with Crippen molar-refractivity contribution in [2.75, 3.05) is 24.5 Å². The van der Waals surface area contributed by atoms with Crippen LogP contribution in [0.3, 0.4) is 0 Å². The summed E-state index contributed by atoms with van der Waals surface area (Å²) in [6.07, 6.45) is 3.82. The molecule has 5 nitrogen and oxygen atoms in total. The first-order valence-electron chi connectivity index (χ1n) is 9.09. The van der Waals surface area contributed by atoms with Crippen molar-refractivity contribution in [2.24, 2.45) is 0 Å². The average Bonchev–Trinajstić information content (AvgIpc) is 3.14. The molecular weight excluding hydrogens is 356 g/mol. The number of aromatic nitrogens is 2. The van der Waals surface area contributed by atoms with E-state index in [0.717, 1.165) is 29.4 Å². The summed E-state index contributed by atoms with van der Waals surface area (Å²) >= 11 is 1.54. The van der Waals surface area contributed by atoms with Crippen molar-refractivity contribution in [3.05, 3.63) is 65.4 Å². The molecule has 0 saturated carbocycles. The van der Waals surface area contributed by atoms with Gasteiger partial charge in [-0.3, -0.25) is 9.78 Å². The lowest BCUT2D eigenvalue weighted by Crippen LogP contribution is -2.35. The van der Waals surface area contributed by atoms with Crippen LogP contribution in [0.15, 0.2) is 54.2 Å². The van der Waals surface area contributed by atoms with E-state index < -0.39 is 0 Å². The summed E-state index contributed by atoms with van der Waals surface area (Å²) in [5.74, 6) is -0.00154. The van der Waals surface area contributed by atoms with E-state index in [-0.39, 0.29) is 5.91 Å². The van der Waals surface area contributed by atoms with Crippen molar-refractivity contribution in [2.45, 2.75) is 20.3 Å². The van der Waals surface area contributed by atoms with E-state index in [0.29, 0.717) is 13.0 Å². The van der Waals surface area contributed by atoms with Crippen molar-refractivity contribution in [1.29, 1.82) is 0 Å². The molecule has 0 bridgehead atoms. The molecule has 3 aromatic rings. The molecule has 0 fully saturated rings. The third kappa shape index (κ3) is 5.37. The summed E-state index contributed by atoms with van der Waals surface area (Å²) in [5.41, 5.74) is 4.20. The highest BCUT2D eigenvalue weighted by molar-refractivity contribution is 7.13. The molecular formula is C21H24N4OS. The minimum atomic E-state index is -0.00154. The summed E-state index contributed by atoms with van der Waals surface area (Å²) in [4.78, 5) is 23.2. The van der Waals surface area contributed by atoms with Crippen LogP contribution in [0.25, 0.3) is 10.6 Å². The molecule has 0 atom stereocenters. The van der Waals surface area contributed by atoms with Gasteiger partial charge >= 0.3 is 0 Å². The summed E-state index contributed by atoms with van der Waals surface area (Å²) in [6, 6.07) is 12.3. The Morgan fingerprint density at radius 2 is 2.15 bits per heavy atom. The van der Waals surface area contributed by atoms with Gasteiger partial charge in [-0.05, 0) is 43.7 Å². The lowest BCUT2D eigenvalue weighted by Gasteiger charge is -2.23. The number of hydrogen-bond acceptors (Lipinski definition) is 5. The fourth-order valence-corrected chi connectivity index (χ4v) is 3.67. The average molecular weight is 381 g/mol. The third-order valence-corrected chi connectivity index (χ3v) is 5.19. The highest BCUT2D eigenvalue weighted by atomic mass is 32.1. The van der Waals surface area contributed by atoms with E-state index >= 15 is 0 Å². The minimum Gasteiger partial charge on any atom is -0.370 e. The van der Waals surface area contributed by atoms with Crippen LogP contribution in [0.2, 0.25) is 0 Å². The first-order valence-corrected chi connectivity index (χ1v) is 9.97. The molecule has 0 aliphatic heterocycles. The van der Waals surface area contributed by atoms with Gasteiger partial charge in [-0.15, -0.1) is 11.3 Å². The smallest absolute Gasteiger partial charge is 0.226 e. The minimum absolute atomic E-state index is 0.00154. The first kappa shape index (κ1) is 19.0. The molecule has 0 saturated heterocycles. The number of carbonyl (C=O) groups is 1. The van der Waals surface area contributed by atoms with Crippen LogP contribution in [-0.4, -0.2) is 35.5 Å². The van der Waals surface area contributed by atoms with Gasteiger partial charge in [0.1, 0.15) is 5.01 Å². The fourth-order valence-electron chi connectivity index (χ4n) is 2.86. The number of nitrogens with zero attached hydrogens (tertiary/aromatic N) is 3. The standard InChI is InChI=1S/C21H24N4OS/c1-3-25(19-8-4-6-16(2)12-19)11-10-23-20(26)13-18-15-27-21(24-18)17-7-5-9-22-14-17/h4-9,12,14-15H,3,10-11,13H2,1-2H3,(H,23,26). The summed E-state index contributed by atoms with van der Waals surface area (Å²) in [5, 5.41) is 5.83. The van der Waals surface area contributed by atoms with Gasteiger partial charge < -0.3 is 10.2 Å². The maximum absolute atomic E-state index is 12.2. The third-order valence-electron chi connectivity index (χ3n) is 4.25. The second kappa shape index (κ2) is 9.28. The van der Waals surface area contributed by atoms with E-state index in [9.17, 15) is 4.79 Å². The Morgan fingerprint density at radius 1 is 1.26 bits per heavy atom. The number of anilines is 1. The van der Waals surface area contributed by atoms with Gasteiger partial charge in [0.25, 0.3) is 0 Å². The molecule has 2 aromatic heterocycles. The number of hydrogen-bond donors (Lipinski definition) is 1. The zero-order valence-corrected chi connectivity index (χ0v) is 16.5. The molecule has 6 heteroatoms. The van der Waals surface area contributed by atoms with Gasteiger partial charge in [-0.25, -0.2) is 4.98 Å². The van der Waals surface area contributed by atoms with E-state index in [1.54, 1.807) is 12.4 Å².